The summed E-state index contributed by atoms with van der Waals surface area (Å²) >= 11 is 0. The van der Waals surface area contributed by atoms with Crippen molar-refractivity contribution in [1.82, 2.24) is 15.2 Å². The van der Waals surface area contributed by atoms with Crippen molar-refractivity contribution in [1.29, 1.82) is 0 Å². The van der Waals surface area contributed by atoms with Crippen LogP contribution in [0.15, 0.2) is 36.5 Å². The average Bonchev–Trinajstić information content (AvgIpc) is 2.63. The van der Waals surface area contributed by atoms with Gasteiger partial charge >= 0.3 is 0 Å². The molecule has 1 aromatic heterocycles. The summed E-state index contributed by atoms with van der Waals surface area (Å²) in [6.45, 7) is 5.98. The van der Waals surface area contributed by atoms with Crippen LogP contribution in [0.3, 0.4) is 0 Å². The van der Waals surface area contributed by atoms with Gasteiger partial charge in [0, 0.05) is 50.0 Å². The number of likely N-dealkylation sites (N-methyl/N-ethyl adjacent to an activating group) is 1. The Morgan fingerprint density at radius 3 is 2.76 bits per heavy atom. The molecule has 3 rings (SSSR count). The molecule has 0 saturated carbocycles. The Hall–Kier alpha value is -2.47. The number of hydrogen-bond donors (Lipinski definition) is 1. The summed E-state index contributed by atoms with van der Waals surface area (Å²) in [7, 11) is 2.11. The van der Waals surface area contributed by atoms with Crippen LogP contribution in [0.4, 0.5) is 10.2 Å². The van der Waals surface area contributed by atoms with Crippen LogP contribution >= 0.6 is 0 Å². The number of pyridine rings is 1. The third-order valence-corrected chi connectivity index (χ3v) is 4.55. The zero-order chi connectivity index (χ0) is 17.8. The van der Waals surface area contributed by atoms with Gasteiger partial charge in [-0.25, -0.2) is 9.37 Å². The number of anilines is 1. The third-order valence-electron chi connectivity index (χ3n) is 4.55. The van der Waals surface area contributed by atoms with Gasteiger partial charge in [0.25, 0.3) is 5.91 Å². The van der Waals surface area contributed by atoms with Gasteiger partial charge in [-0.15, -0.1) is 0 Å². The molecule has 5 nitrogen and oxygen atoms in total. The molecular formula is C19H23FN4O. The highest BCUT2D eigenvalue weighted by molar-refractivity contribution is 5.95. The van der Waals surface area contributed by atoms with E-state index in [9.17, 15) is 9.18 Å². The van der Waals surface area contributed by atoms with Crippen LogP contribution in [0, 0.1) is 12.7 Å². The van der Waals surface area contributed by atoms with E-state index in [1.54, 1.807) is 19.2 Å². The van der Waals surface area contributed by atoms with Crippen LogP contribution in [0.5, 0.6) is 0 Å². The van der Waals surface area contributed by atoms with Crippen LogP contribution in [-0.2, 0) is 6.54 Å². The number of hydrogen-bond acceptors (Lipinski definition) is 4. The van der Waals surface area contributed by atoms with Crippen LogP contribution in [0.1, 0.15) is 21.5 Å². The fraction of sp³-hybridized carbons (Fsp3) is 0.368. The maximum atomic E-state index is 13.4. The molecule has 6 heteroatoms. The molecule has 1 fully saturated rings. The zero-order valence-electron chi connectivity index (χ0n) is 14.6. The number of aromatic nitrogens is 1. The predicted molar refractivity (Wildman–Crippen MR) is 96.3 cm³/mol. The molecule has 1 aliphatic heterocycles. The summed E-state index contributed by atoms with van der Waals surface area (Å²) in [6, 6.07) is 8.09. The molecule has 0 radical (unpaired) electrons. The minimum atomic E-state index is -0.407. The van der Waals surface area contributed by atoms with Crippen molar-refractivity contribution in [2.24, 2.45) is 0 Å². The standard InChI is InChI=1S/C19H23FN4O/c1-14-5-6-16(20)12-17(14)19(25)22-13-15-4-3-7-21-18(15)24-10-8-23(2)9-11-24/h3-7,12H,8-11,13H2,1-2H3,(H,22,25). The second-order valence-electron chi connectivity index (χ2n) is 6.42. The molecule has 1 N–H and O–H groups in total. The summed E-state index contributed by atoms with van der Waals surface area (Å²) in [5.74, 6) is 0.229. The number of amides is 1. The summed E-state index contributed by atoms with van der Waals surface area (Å²) < 4.78 is 13.4. The number of aryl methyl sites for hydroxylation is 1. The predicted octanol–water partition coefficient (Wildman–Crippen LogP) is 2.21. The van der Waals surface area contributed by atoms with E-state index in [-0.39, 0.29) is 5.91 Å². The van der Waals surface area contributed by atoms with Crippen LogP contribution in [0.2, 0.25) is 0 Å². The Morgan fingerprint density at radius 1 is 1.24 bits per heavy atom. The maximum absolute atomic E-state index is 13.4. The highest BCUT2D eigenvalue weighted by Crippen LogP contribution is 2.19. The number of nitrogens with zero attached hydrogens (tertiary/aromatic N) is 3. The first kappa shape index (κ1) is 17.4. The first-order valence-electron chi connectivity index (χ1n) is 8.46. The minimum Gasteiger partial charge on any atom is -0.354 e. The Labute approximate surface area is 147 Å². The molecule has 0 aliphatic carbocycles. The topological polar surface area (TPSA) is 48.5 Å². The molecule has 2 heterocycles. The lowest BCUT2D eigenvalue weighted by atomic mass is 10.1. The molecule has 132 valence electrons. The largest absolute Gasteiger partial charge is 0.354 e. The molecule has 0 unspecified atom stereocenters. The number of benzene rings is 1. The van der Waals surface area contributed by atoms with E-state index in [1.807, 2.05) is 12.1 Å². The molecule has 0 spiro atoms. The fourth-order valence-corrected chi connectivity index (χ4v) is 2.98. The smallest absolute Gasteiger partial charge is 0.251 e. The van der Waals surface area contributed by atoms with E-state index in [0.717, 1.165) is 43.1 Å². The van der Waals surface area contributed by atoms with Crippen molar-refractivity contribution in [3.63, 3.8) is 0 Å². The SMILES string of the molecule is Cc1ccc(F)cc1C(=O)NCc1cccnc1N1CCN(C)CC1. The molecule has 25 heavy (non-hydrogen) atoms. The number of carbonyl (C=O) groups excluding carboxylic acids is 1. The van der Waals surface area contributed by atoms with Crippen LogP contribution in [0.25, 0.3) is 0 Å². The molecule has 1 saturated heterocycles. The summed E-state index contributed by atoms with van der Waals surface area (Å²) in [4.78, 5) is 21.4. The van der Waals surface area contributed by atoms with Gasteiger partial charge in [-0.2, -0.15) is 0 Å². The van der Waals surface area contributed by atoms with Gasteiger partial charge in [0.2, 0.25) is 0 Å². The highest BCUT2D eigenvalue weighted by Gasteiger charge is 2.18. The Kier molecular flexibility index (Phi) is 5.28. The van der Waals surface area contributed by atoms with Crippen LogP contribution in [-0.4, -0.2) is 49.0 Å². The van der Waals surface area contributed by atoms with E-state index < -0.39 is 5.82 Å². The van der Waals surface area contributed by atoms with Crippen molar-refractivity contribution in [2.45, 2.75) is 13.5 Å². The van der Waals surface area contributed by atoms with Crippen molar-refractivity contribution in [3.05, 3.63) is 59.0 Å². The van der Waals surface area contributed by atoms with Gasteiger partial charge < -0.3 is 15.1 Å². The van der Waals surface area contributed by atoms with E-state index in [2.05, 4.69) is 27.1 Å². The molecular weight excluding hydrogens is 319 g/mol. The summed E-state index contributed by atoms with van der Waals surface area (Å²) in [5, 5.41) is 2.89. The first-order chi connectivity index (χ1) is 12.0. The van der Waals surface area contributed by atoms with E-state index in [4.69, 9.17) is 0 Å². The highest BCUT2D eigenvalue weighted by atomic mass is 19.1. The second kappa shape index (κ2) is 7.61. The van der Waals surface area contributed by atoms with Gasteiger partial charge in [-0.05, 0) is 37.7 Å². The monoisotopic (exact) mass is 342 g/mol. The molecule has 2 aromatic rings. The van der Waals surface area contributed by atoms with Crippen molar-refractivity contribution < 1.29 is 9.18 Å². The number of piperazine rings is 1. The Morgan fingerprint density at radius 2 is 2.00 bits per heavy atom. The number of nitrogens with one attached hydrogen (secondary N) is 1. The van der Waals surface area contributed by atoms with E-state index in [1.165, 1.54) is 12.1 Å². The lowest BCUT2D eigenvalue weighted by molar-refractivity contribution is 0.0950. The first-order valence-corrected chi connectivity index (χ1v) is 8.46. The molecule has 1 amide bonds. The zero-order valence-corrected chi connectivity index (χ0v) is 14.6. The molecule has 0 atom stereocenters. The van der Waals surface area contributed by atoms with Gasteiger partial charge in [0.1, 0.15) is 11.6 Å². The van der Waals surface area contributed by atoms with Crippen molar-refractivity contribution in [3.8, 4) is 0 Å². The quantitative estimate of drug-likeness (QED) is 0.926. The van der Waals surface area contributed by atoms with Gasteiger partial charge in [-0.1, -0.05) is 12.1 Å². The van der Waals surface area contributed by atoms with Gasteiger partial charge in [0.05, 0.1) is 0 Å². The van der Waals surface area contributed by atoms with Gasteiger partial charge in [0.15, 0.2) is 0 Å². The van der Waals surface area contributed by atoms with E-state index in [0.29, 0.717) is 12.1 Å². The molecule has 1 aliphatic rings. The fourth-order valence-electron chi connectivity index (χ4n) is 2.98. The third kappa shape index (κ3) is 4.14. The molecule has 1 aromatic carbocycles. The van der Waals surface area contributed by atoms with Crippen LogP contribution < -0.4 is 10.2 Å². The lowest BCUT2D eigenvalue weighted by Gasteiger charge is -2.34. The number of carbonyl (C=O) groups is 1. The van der Waals surface area contributed by atoms with Crippen molar-refractivity contribution in [2.75, 3.05) is 38.1 Å². The summed E-state index contributed by atoms with van der Waals surface area (Å²) in [6.07, 6.45) is 1.77. The number of rotatable bonds is 4. The van der Waals surface area contributed by atoms with Gasteiger partial charge in [-0.3, -0.25) is 4.79 Å². The van der Waals surface area contributed by atoms with Crippen molar-refractivity contribution >= 4 is 11.7 Å². The maximum Gasteiger partial charge on any atom is 0.251 e. The lowest BCUT2D eigenvalue weighted by Crippen LogP contribution is -2.45. The Balaban J connectivity index is 1.71. The Bertz CT molecular complexity index is 757. The number of halogens is 1. The normalized spacial score (nSPS) is 15.2. The average molecular weight is 342 g/mol. The van der Waals surface area contributed by atoms with E-state index >= 15 is 0 Å². The summed E-state index contributed by atoms with van der Waals surface area (Å²) in [5.41, 5.74) is 2.09. The molecule has 0 bridgehead atoms. The minimum absolute atomic E-state index is 0.273. The second-order valence-corrected chi connectivity index (χ2v) is 6.42.